The number of hydrogen-bond acceptors (Lipinski definition) is 3. The number of amides is 3. The van der Waals surface area contributed by atoms with Crippen molar-refractivity contribution in [2.75, 3.05) is 12.3 Å². The molecule has 0 aromatic rings. The fourth-order valence-corrected chi connectivity index (χ4v) is 2.89. The van der Waals surface area contributed by atoms with Gasteiger partial charge in [-0.05, 0) is 24.0 Å². The smallest absolute Gasteiger partial charge is 0.323 e. The lowest BCUT2D eigenvalue weighted by Crippen LogP contribution is -2.48. The van der Waals surface area contributed by atoms with Gasteiger partial charge in [0.25, 0.3) is 5.91 Å². The van der Waals surface area contributed by atoms with Crippen molar-refractivity contribution in [1.82, 2.24) is 10.2 Å². The molecule has 0 aromatic heterocycles. The van der Waals surface area contributed by atoms with Crippen LogP contribution in [0.15, 0.2) is 0 Å². The molecule has 0 atom stereocenters. The first-order chi connectivity index (χ1) is 8.40. The number of thiol groups is 1. The number of urea groups is 1. The van der Waals surface area contributed by atoms with Crippen molar-refractivity contribution in [3.8, 4) is 0 Å². The van der Waals surface area contributed by atoms with E-state index in [1.54, 1.807) is 0 Å². The first kappa shape index (κ1) is 13.7. The first-order valence-electron chi connectivity index (χ1n) is 6.65. The van der Waals surface area contributed by atoms with Gasteiger partial charge in [0.05, 0.1) is 0 Å². The van der Waals surface area contributed by atoms with Crippen molar-refractivity contribution in [2.24, 2.45) is 5.41 Å². The third-order valence-corrected chi connectivity index (χ3v) is 4.82. The van der Waals surface area contributed by atoms with Gasteiger partial charge >= 0.3 is 6.03 Å². The average Bonchev–Trinajstić information content (AvgIpc) is 2.55. The van der Waals surface area contributed by atoms with E-state index in [0.717, 1.165) is 32.1 Å². The van der Waals surface area contributed by atoms with Crippen LogP contribution < -0.4 is 5.32 Å². The predicted molar refractivity (Wildman–Crippen MR) is 73.7 cm³/mol. The van der Waals surface area contributed by atoms with Gasteiger partial charge in [-0.3, -0.25) is 9.69 Å². The Kier molecular flexibility index (Phi) is 3.63. The van der Waals surface area contributed by atoms with Crippen molar-refractivity contribution in [3.63, 3.8) is 0 Å². The predicted octanol–water partition coefficient (Wildman–Crippen LogP) is 2.20. The van der Waals surface area contributed by atoms with E-state index >= 15 is 0 Å². The molecule has 1 saturated heterocycles. The van der Waals surface area contributed by atoms with Gasteiger partial charge in [0.2, 0.25) is 0 Å². The van der Waals surface area contributed by atoms with Gasteiger partial charge in [-0.2, -0.15) is 12.6 Å². The molecule has 1 saturated carbocycles. The molecule has 1 N–H and O–H groups in total. The van der Waals surface area contributed by atoms with Crippen LogP contribution in [0.25, 0.3) is 0 Å². The quantitative estimate of drug-likeness (QED) is 0.610. The van der Waals surface area contributed by atoms with Gasteiger partial charge in [-0.1, -0.05) is 33.1 Å². The van der Waals surface area contributed by atoms with E-state index < -0.39 is 5.54 Å². The van der Waals surface area contributed by atoms with Crippen LogP contribution in [0.2, 0.25) is 0 Å². The summed E-state index contributed by atoms with van der Waals surface area (Å²) >= 11 is 4.28. The normalized spacial score (nSPS) is 23.6. The molecule has 5 heteroatoms. The number of hydrogen-bond donors (Lipinski definition) is 2. The van der Waals surface area contributed by atoms with E-state index in [0.29, 0.717) is 12.3 Å². The summed E-state index contributed by atoms with van der Waals surface area (Å²) in [6.07, 6.45) is 4.78. The van der Waals surface area contributed by atoms with E-state index in [4.69, 9.17) is 0 Å². The molecule has 0 aromatic carbocycles. The molecule has 2 fully saturated rings. The largest absolute Gasteiger partial charge is 0.325 e. The summed E-state index contributed by atoms with van der Waals surface area (Å²) in [5.41, 5.74) is -0.738. The third-order valence-electron chi connectivity index (χ3n) is 3.97. The van der Waals surface area contributed by atoms with E-state index in [-0.39, 0.29) is 17.4 Å². The zero-order valence-electron chi connectivity index (χ0n) is 11.2. The Morgan fingerprint density at radius 3 is 2.44 bits per heavy atom. The van der Waals surface area contributed by atoms with Crippen LogP contribution in [0.1, 0.15) is 46.0 Å². The molecule has 1 heterocycles. The summed E-state index contributed by atoms with van der Waals surface area (Å²) in [6.45, 7) is 4.49. The molecular formula is C13H22N2O2S. The minimum absolute atomic E-state index is 0.0259. The number of carbonyl (C=O) groups excluding carboxylic acids is 2. The van der Waals surface area contributed by atoms with Crippen molar-refractivity contribution < 1.29 is 9.59 Å². The summed E-state index contributed by atoms with van der Waals surface area (Å²) in [7, 11) is 0. The van der Waals surface area contributed by atoms with Gasteiger partial charge < -0.3 is 5.32 Å². The highest BCUT2D eigenvalue weighted by atomic mass is 32.1. The van der Waals surface area contributed by atoms with Gasteiger partial charge in [-0.25, -0.2) is 4.79 Å². The molecule has 1 aliphatic carbocycles. The van der Waals surface area contributed by atoms with Gasteiger partial charge in [0, 0.05) is 6.54 Å². The van der Waals surface area contributed by atoms with Crippen LogP contribution in [0, 0.1) is 5.41 Å². The van der Waals surface area contributed by atoms with Crippen molar-refractivity contribution in [3.05, 3.63) is 0 Å². The first-order valence-corrected chi connectivity index (χ1v) is 7.28. The third kappa shape index (κ3) is 2.37. The molecule has 3 amide bonds. The summed E-state index contributed by atoms with van der Waals surface area (Å²) in [5, 5.41) is 2.93. The van der Waals surface area contributed by atoms with Crippen LogP contribution in [-0.4, -0.2) is 34.7 Å². The van der Waals surface area contributed by atoms with Crippen LogP contribution in [-0.2, 0) is 4.79 Å². The lowest BCUT2D eigenvalue weighted by Gasteiger charge is -2.31. The van der Waals surface area contributed by atoms with E-state index in [2.05, 4.69) is 17.9 Å². The molecule has 0 bridgehead atoms. The lowest BCUT2D eigenvalue weighted by atomic mass is 9.81. The Bertz CT molecular complexity index is 362. The summed E-state index contributed by atoms with van der Waals surface area (Å²) in [6, 6.07) is -0.225. The summed E-state index contributed by atoms with van der Waals surface area (Å²) < 4.78 is 0. The summed E-state index contributed by atoms with van der Waals surface area (Å²) in [5.74, 6) is 0.624. The molecule has 102 valence electrons. The molecule has 18 heavy (non-hydrogen) atoms. The Labute approximate surface area is 114 Å². The number of imide groups is 1. The number of nitrogens with zero attached hydrogens (tertiary/aromatic N) is 1. The second kappa shape index (κ2) is 4.76. The van der Waals surface area contributed by atoms with Gasteiger partial charge in [0.1, 0.15) is 5.54 Å². The minimum Gasteiger partial charge on any atom is -0.323 e. The van der Waals surface area contributed by atoms with Gasteiger partial charge in [0.15, 0.2) is 0 Å². The number of rotatable bonds is 3. The molecule has 1 spiro atoms. The Balaban J connectivity index is 2.14. The minimum atomic E-state index is -0.595. The van der Waals surface area contributed by atoms with Gasteiger partial charge in [-0.15, -0.1) is 0 Å². The second-order valence-corrected chi connectivity index (χ2v) is 6.60. The maximum atomic E-state index is 12.5. The topological polar surface area (TPSA) is 49.4 Å². The second-order valence-electron chi connectivity index (χ2n) is 6.29. The van der Waals surface area contributed by atoms with Crippen LogP contribution >= 0.6 is 12.6 Å². The maximum absolute atomic E-state index is 12.5. The fourth-order valence-electron chi connectivity index (χ4n) is 2.79. The number of carbonyl (C=O) groups is 2. The Morgan fingerprint density at radius 2 is 1.89 bits per heavy atom. The van der Waals surface area contributed by atoms with E-state index in [9.17, 15) is 9.59 Å². The lowest BCUT2D eigenvalue weighted by molar-refractivity contribution is -0.133. The van der Waals surface area contributed by atoms with E-state index in [1.807, 2.05) is 13.8 Å². The van der Waals surface area contributed by atoms with E-state index in [1.165, 1.54) is 4.90 Å². The average molecular weight is 270 g/mol. The van der Waals surface area contributed by atoms with Crippen LogP contribution in [0.3, 0.4) is 0 Å². The standard InChI is InChI=1S/C13H22N2O2S/c1-12(2,9-18)8-15-10(16)13(14-11(15)17)6-4-3-5-7-13/h18H,3-9H2,1-2H3,(H,14,17). The van der Waals surface area contributed by atoms with Crippen LogP contribution in [0.4, 0.5) is 4.79 Å². The molecule has 4 nitrogen and oxygen atoms in total. The molecule has 0 unspecified atom stereocenters. The Hall–Kier alpha value is -0.710. The van der Waals surface area contributed by atoms with Crippen molar-refractivity contribution in [2.45, 2.75) is 51.5 Å². The highest BCUT2D eigenvalue weighted by molar-refractivity contribution is 7.80. The van der Waals surface area contributed by atoms with Crippen LogP contribution in [0.5, 0.6) is 0 Å². The molecule has 1 aliphatic heterocycles. The fraction of sp³-hybridized carbons (Fsp3) is 0.846. The molecule has 0 radical (unpaired) electrons. The SMILES string of the molecule is CC(C)(CS)CN1C(=O)NC2(CCCCC2)C1=O. The zero-order chi connectivity index (χ0) is 13.4. The summed E-state index contributed by atoms with van der Waals surface area (Å²) in [4.78, 5) is 25.9. The van der Waals surface area contributed by atoms with Crippen molar-refractivity contribution in [1.29, 1.82) is 0 Å². The molecule has 2 rings (SSSR count). The number of nitrogens with one attached hydrogen (secondary N) is 1. The molecule has 2 aliphatic rings. The highest BCUT2D eigenvalue weighted by Gasteiger charge is 2.51. The highest BCUT2D eigenvalue weighted by Crippen LogP contribution is 2.34. The van der Waals surface area contributed by atoms with Crippen molar-refractivity contribution >= 4 is 24.6 Å². The molecular weight excluding hydrogens is 248 g/mol. The monoisotopic (exact) mass is 270 g/mol. The zero-order valence-corrected chi connectivity index (χ0v) is 12.1. The Morgan fingerprint density at radius 1 is 1.28 bits per heavy atom. The maximum Gasteiger partial charge on any atom is 0.325 e.